The smallest absolute Gasteiger partial charge is 0.339 e. The van der Waals surface area contributed by atoms with Crippen molar-refractivity contribution in [1.29, 1.82) is 0 Å². The number of hydrogen-bond acceptors (Lipinski definition) is 5. The molecule has 0 bridgehead atoms. The zero-order chi connectivity index (χ0) is 22.1. The maximum atomic E-state index is 12.7. The van der Waals surface area contributed by atoms with E-state index in [1.54, 1.807) is 24.3 Å². The molecule has 0 spiro atoms. The van der Waals surface area contributed by atoms with E-state index in [1.165, 1.54) is 16.4 Å². The summed E-state index contributed by atoms with van der Waals surface area (Å²) < 4.78 is 70.2. The van der Waals surface area contributed by atoms with Crippen molar-refractivity contribution < 1.29 is 26.1 Å². The highest BCUT2D eigenvalue weighted by Gasteiger charge is 2.30. The molecular weight excluding hydrogens is 431 g/mol. The van der Waals surface area contributed by atoms with Gasteiger partial charge in [0.15, 0.2) is 0 Å². The summed E-state index contributed by atoms with van der Waals surface area (Å²) >= 11 is 0. The van der Waals surface area contributed by atoms with Crippen molar-refractivity contribution in [1.82, 2.24) is 14.4 Å². The molecule has 1 aliphatic rings. The van der Waals surface area contributed by atoms with Gasteiger partial charge < -0.3 is 4.52 Å². The van der Waals surface area contributed by atoms with Crippen LogP contribution in [0.4, 0.5) is 13.2 Å². The van der Waals surface area contributed by atoms with Crippen molar-refractivity contribution in [3.63, 3.8) is 0 Å². The fourth-order valence-corrected chi connectivity index (χ4v) is 4.98. The zero-order valence-electron chi connectivity index (χ0n) is 16.5. The topological polar surface area (TPSA) is 76.3 Å². The van der Waals surface area contributed by atoms with Crippen LogP contribution in [0.5, 0.6) is 0 Å². The highest BCUT2D eigenvalue weighted by atomic mass is 32.2. The number of hydrogen-bond donors (Lipinski definition) is 0. The molecular formula is C21H20F3N3O3S. The third-order valence-corrected chi connectivity index (χ3v) is 7.08. The first kappa shape index (κ1) is 21.5. The predicted molar refractivity (Wildman–Crippen MR) is 107 cm³/mol. The SMILES string of the molecule is O=S(=O)(c1ccc(Cc2nc(-c3ccc(C(F)(F)F)cc3)no2)cc1)N1CCCCC1. The van der Waals surface area contributed by atoms with Crippen LogP contribution in [0.3, 0.4) is 0 Å². The Labute approximate surface area is 177 Å². The van der Waals surface area contributed by atoms with E-state index in [2.05, 4.69) is 10.1 Å². The fraction of sp³-hybridized carbons (Fsp3) is 0.333. The lowest BCUT2D eigenvalue weighted by molar-refractivity contribution is -0.137. The Balaban J connectivity index is 1.45. The molecule has 0 radical (unpaired) electrons. The Morgan fingerprint density at radius 3 is 2.19 bits per heavy atom. The Morgan fingerprint density at radius 1 is 0.935 bits per heavy atom. The number of aromatic nitrogens is 2. The van der Waals surface area contributed by atoms with E-state index in [-0.39, 0.29) is 23.0 Å². The largest absolute Gasteiger partial charge is 0.416 e. The first-order valence-corrected chi connectivity index (χ1v) is 11.3. The second kappa shape index (κ2) is 8.43. The molecule has 3 aromatic rings. The van der Waals surface area contributed by atoms with Crippen LogP contribution in [0.1, 0.15) is 36.3 Å². The Hall–Kier alpha value is -2.72. The summed E-state index contributed by atoms with van der Waals surface area (Å²) in [6, 6.07) is 11.0. The van der Waals surface area contributed by atoms with Crippen LogP contribution >= 0.6 is 0 Å². The van der Waals surface area contributed by atoms with Crippen molar-refractivity contribution in [3.05, 3.63) is 65.5 Å². The van der Waals surface area contributed by atoms with E-state index >= 15 is 0 Å². The molecule has 0 amide bonds. The lowest BCUT2D eigenvalue weighted by Gasteiger charge is -2.25. The molecule has 164 valence electrons. The summed E-state index contributed by atoms with van der Waals surface area (Å²) in [6.45, 7) is 1.08. The van der Waals surface area contributed by atoms with E-state index in [0.717, 1.165) is 37.0 Å². The summed E-state index contributed by atoms with van der Waals surface area (Å²) in [7, 11) is -3.50. The van der Waals surface area contributed by atoms with Gasteiger partial charge in [-0.25, -0.2) is 8.42 Å². The average Bonchev–Trinajstić information content (AvgIpc) is 3.23. The average molecular weight is 451 g/mol. The molecule has 1 saturated heterocycles. The third-order valence-electron chi connectivity index (χ3n) is 5.17. The van der Waals surface area contributed by atoms with Gasteiger partial charge in [-0.3, -0.25) is 0 Å². The van der Waals surface area contributed by atoms with Gasteiger partial charge in [-0.15, -0.1) is 0 Å². The summed E-state index contributed by atoms with van der Waals surface area (Å²) in [4.78, 5) is 4.47. The van der Waals surface area contributed by atoms with Crippen LogP contribution in [0, 0.1) is 0 Å². The molecule has 0 unspecified atom stereocenters. The summed E-state index contributed by atoms with van der Waals surface area (Å²) in [5.74, 6) is 0.467. The van der Waals surface area contributed by atoms with Gasteiger partial charge in [0.05, 0.1) is 16.9 Å². The highest BCUT2D eigenvalue weighted by Crippen LogP contribution is 2.30. The molecule has 2 aromatic carbocycles. The number of benzene rings is 2. The quantitative estimate of drug-likeness (QED) is 0.570. The number of halogens is 3. The minimum atomic E-state index is -4.41. The van der Waals surface area contributed by atoms with Crippen LogP contribution < -0.4 is 0 Å². The molecule has 1 aliphatic heterocycles. The van der Waals surface area contributed by atoms with Crippen molar-refractivity contribution >= 4 is 10.0 Å². The summed E-state index contributed by atoms with van der Waals surface area (Å²) in [5.41, 5.74) is 0.436. The molecule has 1 fully saturated rings. The standard InChI is InChI=1S/C21H20F3N3O3S/c22-21(23,24)17-8-6-16(7-9-17)20-25-19(30-26-20)14-15-4-10-18(11-5-15)31(28,29)27-12-2-1-3-13-27/h4-11H,1-3,12-14H2. The summed E-state index contributed by atoms with van der Waals surface area (Å²) in [5, 5.41) is 3.82. The van der Waals surface area contributed by atoms with Gasteiger partial charge in [-0.2, -0.15) is 22.5 Å². The van der Waals surface area contributed by atoms with Gasteiger partial charge in [0.2, 0.25) is 21.7 Å². The van der Waals surface area contributed by atoms with Crippen LogP contribution in [0.25, 0.3) is 11.4 Å². The third kappa shape index (κ3) is 4.80. The Bertz CT molecular complexity index is 1140. The van der Waals surface area contributed by atoms with Gasteiger partial charge >= 0.3 is 6.18 Å². The van der Waals surface area contributed by atoms with Crippen LogP contribution in [0.15, 0.2) is 57.9 Å². The van der Waals surface area contributed by atoms with Gasteiger partial charge in [-0.05, 0) is 42.7 Å². The van der Waals surface area contributed by atoms with Crippen LogP contribution in [-0.4, -0.2) is 36.0 Å². The Morgan fingerprint density at radius 2 is 1.58 bits per heavy atom. The molecule has 10 heteroatoms. The molecule has 1 aromatic heterocycles. The number of rotatable bonds is 5. The number of alkyl halides is 3. The molecule has 31 heavy (non-hydrogen) atoms. The van der Waals surface area contributed by atoms with Crippen molar-refractivity contribution in [2.24, 2.45) is 0 Å². The van der Waals surface area contributed by atoms with Crippen molar-refractivity contribution in [2.45, 2.75) is 36.8 Å². The number of sulfonamides is 1. The second-order valence-corrected chi connectivity index (χ2v) is 9.31. The molecule has 4 rings (SSSR count). The van der Waals surface area contributed by atoms with Crippen LogP contribution in [-0.2, 0) is 22.6 Å². The minimum absolute atomic E-state index is 0.188. The van der Waals surface area contributed by atoms with Crippen LogP contribution in [0.2, 0.25) is 0 Å². The molecule has 0 aliphatic carbocycles. The van der Waals surface area contributed by atoms with E-state index < -0.39 is 21.8 Å². The molecule has 0 saturated carbocycles. The molecule has 0 atom stereocenters. The molecule has 2 heterocycles. The van der Waals surface area contributed by atoms with E-state index in [0.29, 0.717) is 18.7 Å². The first-order chi connectivity index (χ1) is 14.7. The fourth-order valence-electron chi connectivity index (χ4n) is 3.46. The monoisotopic (exact) mass is 451 g/mol. The maximum Gasteiger partial charge on any atom is 0.416 e. The van der Waals surface area contributed by atoms with E-state index in [4.69, 9.17) is 4.52 Å². The molecule has 0 N–H and O–H groups in total. The van der Waals surface area contributed by atoms with E-state index in [9.17, 15) is 21.6 Å². The van der Waals surface area contributed by atoms with Crippen molar-refractivity contribution in [2.75, 3.05) is 13.1 Å². The van der Waals surface area contributed by atoms with Gasteiger partial charge in [0.25, 0.3) is 0 Å². The number of piperidine rings is 1. The lowest BCUT2D eigenvalue weighted by atomic mass is 10.1. The van der Waals surface area contributed by atoms with Gasteiger partial charge in [0.1, 0.15) is 0 Å². The highest BCUT2D eigenvalue weighted by molar-refractivity contribution is 7.89. The predicted octanol–water partition coefficient (Wildman–Crippen LogP) is 4.52. The second-order valence-electron chi connectivity index (χ2n) is 7.37. The van der Waals surface area contributed by atoms with Crippen molar-refractivity contribution in [3.8, 4) is 11.4 Å². The maximum absolute atomic E-state index is 12.7. The Kier molecular flexibility index (Phi) is 5.85. The van der Waals surface area contributed by atoms with Gasteiger partial charge in [0, 0.05) is 18.7 Å². The zero-order valence-corrected chi connectivity index (χ0v) is 17.3. The normalized spacial score (nSPS) is 15.8. The molecule has 6 nitrogen and oxygen atoms in total. The lowest BCUT2D eigenvalue weighted by Crippen LogP contribution is -2.35. The number of nitrogens with zero attached hydrogens (tertiary/aromatic N) is 3. The minimum Gasteiger partial charge on any atom is -0.339 e. The van der Waals surface area contributed by atoms with Gasteiger partial charge in [-0.1, -0.05) is 35.8 Å². The first-order valence-electron chi connectivity index (χ1n) is 9.83. The van der Waals surface area contributed by atoms with E-state index in [1.807, 2.05) is 0 Å². The summed E-state index contributed by atoms with van der Waals surface area (Å²) in [6.07, 6.45) is -1.35.